The Hall–Kier alpha value is -1.08. The van der Waals surface area contributed by atoms with Crippen LogP contribution in [-0.2, 0) is 4.79 Å². The van der Waals surface area contributed by atoms with Crippen molar-refractivity contribution in [3.63, 3.8) is 0 Å². The van der Waals surface area contributed by atoms with E-state index in [0.29, 0.717) is 17.0 Å². The summed E-state index contributed by atoms with van der Waals surface area (Å²) in [6, 6.07) is 0. The summed E-state index contributed by atoms with van der Waals surface area (Å²) in [4.78, 5) is 11.4. The first kappa shape index (κ1) is 13.4. The van der Waals surface area contributed by atoms with Crippen molar-refractivity contribution in [2.24, 2.45) is 0 Å². The number of carbonyl (C=O) groups is 1. The molecule has 0 aromatic carbocycles. The number of thioether (sulfide) groups is 1. The Morgan fingerprint density at radius 2 is 2.44 bits per heavy atom. The molecule has 2 heterocycles. The number of aromatic nitrogens is 2. The first-order valence-corrected chi connectivity index (χ1v) is 7.01. The van der Waals surface area contributed by atoms with Crippen LogP contribution in [0.3, 0.4) is 0 Å². The van der Waals surface area contributed by atoms with Crippen LogP contribution >= 0.6 is 11.8 Å². The molecule has 7 heteroatoms. The van der Waals surface area contributed by atoms with E-state index in [2.05, 4.69) is 20.8 Å². The monoisotopic (exact) mass is 270 g/mol. The Kier molecular flexibility index (Phi) is 4.60. The number of piperidine rings is 1. The molecule has 1 aliphatic heterocycles. The highest BCUT2D eigenvalue weighted by Gasteiger charge is 2.22. The Morgan fingerprint density at radius 3 is 3.11 bits per heavy atom. The third kappa shape index (κ3) is 3.23. The second-order valence-corrected chi connectivity index (χ2v) is 5.62. The highest BCUT2D eigenvalue weighted by molar-refractivity contribution is 8.00. The van der Waals surface area contributed by atoms with Crippen molar-refractivity contribution in [1.82, 2.24) is 20.8 Å². The molecule has 0 bridgehead atoms. The molecule has 1 fully saturated rings. The highest BCUT2D eigenvalue weighted by atomic mass is 32.2. The number of rotatable bonds is 4. The van der Waals surface area contributed by atoms with E-state index in [1.807, 2.05) is 6.92 Å². The van der Waals surface area contributed by atoms with Crippen molar-refractivity contribution >= 4 is 17.7 Å². The van der Waals surface area contributed by atoms with Crippen molar-refractivity contribution in [3.05, 3.63) is 5.89 Å². The normalized spacial score (nSPS) is 21.6. The van der Waals surface area contributed by atoms with Crippen molar-refractivity contribution in [2.75, 3.05) is 20.1 Å². The van der Waals surface area contributed by atoms with E-state index in [9.17, 15) is 4.79 Å². The van der Waals surface area contributed by atoms with Gasteiger partial charge < -0.3 is 15.1 Å². The Bertz CT molecular complexity index is 404. The molecule has 1 aromatic heterocycles. The van der Waals surface area contributed by atoms with Gasteiger partial charge in [0.2, 0.25) is 11.8 Å². The minimum Gasteiger partial charge on any atom is -0.416 e. The quantitative estimate of drug-likeness (QED) is 0.786. The third-order valence-electron chi connectivity index (χ3n) is 2.96. The number of amides is 1. The number of hydrogen-bond acceptors (Lipinski definition) is 6. The van der Waals surface area contributed by atoms with Gasteiger partial charge in [-0.05, 0) is 26.3 Å². The van der Waals surface area contributed by atoms with Gasteiger partial charge in [-0.2, -0.15) is 0 Å². The molecule has 1 aromatic rings. The van der Waals surface area contributed by atoms with E-state index in [4.69, 9.17) is 4.42 Å². The maximum Gasteiger partial charge on any atom is 0.277 e. The summed E-state index contributed by atoms with van der Waals surface area (Å²) in [5.74, 6) is 0.934. The molecule has 1 aliphatic rings. The molecule has 1 saturated heterocycles. The second-order valence-electron chi connectivity index (χ2n) is 4.32. The summed E-state index contributed by atoms with van der Waals surface area (Å²) >= 11 is 1.29. The zero-order valence-corrected chi connectivity index (χ0v) is 11.4. The summed E-state index contributed by atoms with van der Waals surface area (Å²) in [7, 11) is 1.62. The summed E-state index contributed by atoms with van der Waals surface area (Å²) in [6.07, 6.45) is 2.20. The van der Waals surface area contributed by atoms with Gasteiger partial charge in [0.15, 0.2) is 0 Å². The molecule has 1 amide bonds. The lowest BCUT2D eigenvalue weighted by molar-refractivity contribution is -0.119. The van der Waals surface area contributed by atoms with Crippen molar-refractivity contribution in [3.8, 4) is 0 Å². The highest BCUT2D eigenvalue weighted by Crippen LogP contribution is 2.27. The average Bonchev–Trinajstić information content (AvgIpc) is 2.87. The van der Waals surface area contributed by atoms with Gasteiger partial charge in [0.1, 0.15) is 0 Å². The molecular weight excluding hydrogens is 252 g/mol. The molecule has 100 valence electrons. The van der Waals surface area contributed by atoms with E-state index < -0.39 is 0 Å². The van der Waals surface area contributed by atoms with Gasteiger partial charge >= 0.3 is 0 Å². The van der Waals surface area contributed by atoms with E-state index in [1.54, 1.807) is 7.05 Å². The molecule has 0 saturated carbocycles. The standard InChI is InChI=1S/C11H18N4O2S/c1-7(9(16)12-2)18-11-15-14-10(17-11)8-4-3-5-13-6-8/h7-8,13H,3-6H2,1-2H3,(H,12,16). The Balaban J connectivity index is 1.95. The lowest BCUT2D eigenvalue weighted by Crippen LogP contribution is -2.28. The average molecular weight is 270 g/mol. The zero-order valence-electron chi connectivity index (χ0n) is 10.6. The van der Waals surface area contributed by atoms with Crippen LogP contribution in [0.2, 0.25) is 0 Å². The molecule has 0 radical (unpaired) electrons. The maximum atomic E-state index is 11.4. The smallest absolute Gasteiger partial charge is 0.277 e. The second kappa shape index (κ2) is 6.19. The van der Waals surface area contributed by atoms with Gasteiger partial charge in [-0.1, -0.05) is 11.8 Å². The molecule has 6 nitrogen and oxygen atoms in total. The first-order valence-electron chi connectivity index (χ1n) is 6.13. The van der Waals surface area contributed by atoms with E-state index in [0.717, 1.165) is 25.9 Å². The molecule has 18 heavy (non-hydrogen) atoms. The molecule has 2 unspecified atom stereocenters. The summed E-state index contributed by atoms with van der Waals surface area (Å²) in [5, 5.41) is 14.2. The predicted octanol–water partition coefficient (Wildman–Crippen LogP) is 0.763. The van der Waals surface area contributed by atoms with Crippen LogP contribution in [0.25, 0.3) is 0 Å². The molecule has 0 spiro atoms. The van der Waals surface area contributed by atoms with E-state index >= 15 is 0 Å². The minimum absolute atomic E-state index is 0.0425. The summed E-state index contributed by atoms with van der Waals surface area (Å²) < 4.78 is 5.61. The fraction of sp³-hybridized carbons (Fsp3) is 0.727. The number of nitrogens with zero attached hydrogens (tertiary/aromatic N) is 2. The van der Waals surface area contributed by atoms with E-state index in [1.165, 1.54) is 11.8 Å². The molecule has 2 rings (SSSR count). The predicted molar refractivity (Wildman–Crippen MR) is 68.5 cm³/mol. The minimum atomic E-state index is -0.229. The summed E-state index contributed by atoms with van der Waals surface area (Å²) in [5.41, 5.74) is 0. The Labute approximate surface area is 110 Å². The van der Waals surface area contributed by atoms with Gasteiger partial charge in [-0.25, -0.2) is 0 Å². The van der Waals surface area contributed by atoms with Gasteiger partial charge in [0.05, 0.1) is 5.25 Å². The third-order valence-corrected chi connectivity index (χ3v) is 3.90. The van der Waals surface area contributed by atoms with Crippen LogP contribution in [-0.4, -0.2) is 41.5 Å². The molecule has 0 aliphatic carbocycles. The van der Waals surface area contributed by atoms with Crippen LogP contribution < -0.4 is 10.6 Å². The van der Waals surface area contributed by atoms with Gasteiger partial charge in [0, 0.05) is 19.5 Å². The van der Waals surface area contributed by atoms with Gasteiger partial charge in [0.25, 0.3) is 5.22 Å². The molecular formula is C11H18N4O2S. The van der Waals surface area contributed by atoms with Crippen LogP contribution in [0.4, 0.5) is 0 Å². The van der Waals surface area contributed by atoms with Gasteiger partial charge in [-0.3, -0.25) is 4.79 Å². The van der Waals surface area contributed by atoms with Crippen LogP contribution in [0.1, 0.15) is 31.6 Å². The van der Waals surface area contributed by atoms with Crippen LogP contribution in [0.5, 0.6) is 0 Å². The number of nitrogens with one attached hydrogen (secondary N) is 2. The van der Waals surface area contributed by atoms with E-state index in [-0.39, 0.29) is 11.2 Å². The SMILES string of the molecule is CNC(=O)C(C)Sc1nnc(C2CCCNC2)o1. The van der Waals surface area contributed by atoms with Gasteiger partial charge in [-0.15, -0.1) is 10.2 Å². The first-order chi connectivity index (χ1) is 8.70. The van der Waals surface area contributed by atoms with Crippen molar-refractivity contribution < 1.29 is 9.21 Å². The van der Waals surface area contributed by atoms with Crippen LogP contribution in [0, 0.1) is 0 Å². The lowest BCUT2D eigenvalue weighted by Gasteiger charge is -2.18. The van der Waals surface area contributed by atoms with Crippen LogP contribution in [0.15, 0.2) is 9.64 Å². The fourth-order valence-electron chi connectivity index (χ4n) is 1.90. The number of hydrogen-bond donors (Lipinski definition) is 2. The van der Waals surface area contributed by atoms with Crippen molar-refractivity contribution in [2.45, 2.75) is 36.2 Å². The Morgan fingerprint density at radius 1 is 1.61 bits per heavy atom. The molecule has 2 N–H and O–H groups in total. The number of carbonyl (C=O) groups excluding carboxylic acids is 1. The molecule has 2 atom stereocenters. The lowest BCUT2D eigenvalue weighted by atomic mass is 10.00. The largest absolute Gasteiger partial charge is 0.416 e. The van der Waals surface area contributed by atoms with Crippen molar-refractivity contribution in [1.29, 1.82) is 0 Å². The fourth-order valence-corrected chi connectivity index (χ4v) is 2.65. The summed E-state index contributed by atoms with van der Waals surface area (Å²) in [6.45, 7) is 3.76. The zero-order chi connectivity index (χ0) is 13.0. The maximum absolute atomic E-state index is 11.4. The topological polar surface area (TPSA) is 80.0 Å².